The highest BCUT2D eigenvalue weighted by molar-refractivity contribution is 6.12. The predicted molar refractivity (Wildman–Crippen MR) is 130 cm³/mol. The number of hydrogen-bond acceptors (Lipinski definition) is 8. The third-order valence-electron chi connectivity index (χ3n) is 5.64. The molecule has 0 aliphatic rings. The number of carbonyl (C=O) groups excluding carboxylic acids is 1. The molecular weight excluding hydrogens is 446 g/mol. The quantitative estimate of drug-likeness (QED) is 0.391. The molecule has 0 radical (unpaired) electrons. The first-order valence-corrected chi connectivity index (χ1v) is 11.2. The average Bonchev–Trinajstić information content (AvgIpc) is 3.50. The van der Waals surface area contributed by atoms with E-state index in [-0.39, 0.29) is 17.0 Å². The van der Waals surface area contributed by atoms with Crippen LogP contribution in [0.5, 0.6) is 0 Å². The number of amides is 1. The SMILES string of the molecule is Cc1cc(-c2cc(C(=O)Nc3cc(C(C)(C)C)nn3-c3ncccn3)c3c(C)noc3n2)c(C)o1. The van der Waals surface area contributed by atoms with Gasteiger partial charge in [-0.1, -0.05) is 25.9 Å². The molecule has 0 spiro atoms. The van der Waals surface area contributed by atoms with Gasteiger partial charge in [-0.25, -0.2) is 15.0 Å². The molecule has 35 heavy (non-hydrogen) atoms. The lowest BCUT2D eigenvalue weighted by molar-refractivity contribution is 0.102. The predicted octanol–water partition coefficient (Wildman–Crippen LogP) is 4.93. The van der Waals surface area contributed by atoms with Gasteiger partial charge in [0.25, 0.3) is 17.6 Å². The largest absolute Gasteiger partial charge is 0.466 e. The molecule has 0 aliphatic carbocycles. The third kappa shape index (κ3) is 4.07. The first-order chi connectivity index (χ1) is 16.6. The van der Waals surface area contributed by atoms with Gasteiger partial charge in [-0.05, 0) is 39.0 Å². The number of hydrogen-bond donors (Lipinski definition) is 1. The molecule has 0 unspecified atom stereocenters. The second-order valence-electron chi connectivity index (χ2n) is 9.41. The molecule has 0 fully saturated rings. The summed E-state index contributed by atoms with van der Waals surface area (Å²) in [4.78, 5) is 26.9. The van der Waals surface area contributed by atoms with Gasteiger partial charge in [0.1, 0.15) is 17.3 Å². The van der Waals surface area contributed by atoms with Gasteiger partial charge in [0, 0.05) is 29.4 Å². The zero-order valence-electron chi connectivity index (χ0n) is 20.4. The number of pyridine rings is 1. The minimum atomic E-state index is -0.361. The second-order valence-corrected chi connectivity index (χ2v) is 9.41. The van der Waals surface area contributed by atoms with Gasteiger partial charge < -0.3 is 14.3 Å². The standard InChI is InChI=1S/C25H25N7O3/c1-13-10-16(15(3)34-13)18-11-17(21-14(2)31-35-23(21)28-18)22(33)29-20-12-19(25(4,5)6)30-32(20)24-26-8-7-9-27-24/h7-12H,1-6H3,(H,29,33). The molecule has 0 saturated carbocycles. The summed E-state index contributed by atoms with van der Waals surface area (Å²) in [5.41, 5.74) is 3.10. The number of anilines is 1. The Morgan fingerprint density at radius 2 is 1.80 bits per heavy atom. The van der Waals surface area contributed by atoms with Crippen LogP contribution in [-0.2, 0) is 5.41 Å². The van der Waals surface area contributed by atoms with Crippen LogP contribution < -0.4 is 5.32 Å². The maximum absolute atomic E-state index is 13.7. The summed E-state index contributed by atoms with van der Waals surface area (Å²) >= 11 is 0. The Bertz CT molecular complexity index is 1560. The minimum Gasteiger partial charge on any atom is -0.466 e. The van der Waals surface area contributed by atoms with Crippen molar-refractivity contribution in [3.63, 3.8) is 0 Å². The van der Waals surface area contributed by atoms with E-state index in [0.717, 1.165) is 17.0 Å². The summed E-state index contributed by atoms with van der Waals surface area (Å²) in [5.74, 6) is 1.89. The Labute approximate surface area is 201 Å². The molecule has 10 heteroatoms. The smallest absolute Gasteiger partial charge is 0.259 e. The zero-order chi connectivity index (χ0) is 24.9. The molecule has 0 atom stereocenters. The summed E-state index contributed by atoms with van der Waals surface area (Å²) in [6, 6.07) is 7.16. The van der Waals surface area contributed by atoms with Crippen molar-refractivity contribution in [3.05, 3.63) is 65.1 Å². The molecule has 5 aromatic heterocycles. The van der Waals surface area contributed by atoms with E-state index in [2.05, 4.69) is 30.5 Å². The van der Waals surface area contributed by atoms with E-state index in [1.165, 1.54) is 4.68 Å². The van der Waals surface area contributed by atoms with Crippen molar-refractivity contribution in [2.24, 2.45) is 0 Å². The van der Waals surface area contributed by atoms with Crippen LogP contribution in [0.25, 0.3) is 28.3 Å². The van der Waals surface area contributed by atoms with Crippen molar-refractivity contribution < 1.29 is 13.7 Å². The van der Waals surface area contributed by atoms with Crippen LogP contribution in [0.4, 0.5) is 5.82 Å². The van der Waals surface area contributed by atoms with Crippen LogP contribution in [0.1, 0.15) is 54.0 Å². The van der Waals surface area contributed by atoms with Gasteiger partial charge in [-0.2, -0.15) is 9.78 Å². The first-order valence-electron chi connectivity index (χ1n) is 11.2. The molecule has 5 heterocycles. The van der Waals surface area contributed by atoms with Gasteiger partial charge in [-0.3, -0.25) is 4.79 Å². The summed E-state index contributed by atoms with van der Waals surface area (Å²) in [7, 11) is 0. The second kappa shape index (κ2) is 8.15. The van der Waals surface area contributed by atoms with Gasteiger partial charge in [-0.15, -0.1) is 0 Å². The topological polar surface area (TPSA) is 125 Å². The fourth-order valence-electron chi connectivity index (χ4n) is 3.87. The van der Waals surface area contributed by atoms with Crippen LogP contribution in [0, 0.1) is 20.8 Å². The molecule has 0 aliphatic heterocycles. The van der Waals surface area contributed by atoms with Crippen molar-refractivity contribution in [1.29, 1.82) is 0 Å². The number of aromatic nitrogens is 6. The number of carbonyl (C=O) groups is 1. The molecule has 0 bridgehead atoms. The van der Waals surface area contributed by atoms with Gasteiger partial charge >= 0.3 is 0 Å². The summed E-state index contributed by atoms with van der Waals surface area (Å²) in [5, 5.41) is 12.2. The zero-order valence-corrected chi connectivity index (χ0v) is 20.4. The van der Waals surface area contributed by atoms with Crippen LogP contribution in [-0.4, -0.2) is 35.8 Å². The average molecular weight is 472 g/mol. The number of aryl methyl sites for hydroxylation is 3. The van der Waals surface area contributed by atoms with E-state index >= 15 is 0 Å². The highest BCUT2D eigenvalue weighted by Gasteiger charge is 2.25. The highest BCUT2D eigenvalue weighted by Crippen LogP contribution is 2.31. The first kappa shape index (κ1) is 22.5. The number of furan rings is 1. The summed E-state index contributed by atoms with van der Waals surface area (Å²) in [6.07, 6.45) is 3.25. The molecule has 178 valence electrons. The molecule has 10 nitrogen and oxygen atoms in total. The molecule has 0 saturated heterocycles. The van der Waals surface area contributed by atoms with E-state index in [0.29, 0.717) is 39.9 Å². The molecule has 1 amide bonds. The summed E-state index contributed by atoms with van der Waals surface area (Å²) < 4.78 is 12.6. The van der Waals surface area contributed by atoms with Crippen molar-refractivity contribution >= 4 is 22.8 Å². The van der Waals surface area contributed by atoms with Gasteiger partial charge in [0.2, 0.25) is 0 Å². The number of rotatable bonds is 4. The lowest BCUT2D eigenvalue weighted by Gasteiger charge is -2.13. The van der Waals surface area contributed by atoms with Crippen LogP contribution in [0.2, 0.25) is 0 Å². The number of nitrogens with zero attached hydrogens (tertiary/aromatic N) is 6. The van der Waals surface area contributed by atoms with Crippen LogP contribution in [0.3, 0.4) is 0 Å². The molecule has 1 N–H and O–H groups in total. The Kier molecular flexibility index (Phi) is 5.23. The third-order valence-corrected chi connectivity index (χ3v) is 5.64. The minimum absolute atomic E-state index is 0.252. The molecule has 0 aromatic carbocycles. The van der Waals surface area contributed by atoms with E-state index in [1.807, 2.05) is 46.8 Å². The Morgan fingerprint density at radius 1 is 1.06 bits per heavy atom. The Morgan fingerprint density at radius 3 is 2.46 bits per heavy atom. The number of fused-ring (bicyclic) bond motifs is 1. The lowest BCUT2D eigenvalue weighted by Crippen LogP contribution is -2.17. The van der Waals surface area contributed by atoms with Crippen molar-refractivity contribution in [3.8, 4) is 17.2 Å². The Hall–Kier alpha value is -4.34. The molecule has 5 aromatic rings. The fourth-order valence-corrected chi connectivity index (χ4v) is 3.87. The molecular formula is C25H25N7O3. The normalized spacial score (nSPS) is 11.8. The van der Waals surface area contributed by atoms with Crippen molar-refractivity contribution in [1.82, 2.24) is 29.9 Å². The summed E-state index contributed by atoms with van der Waals surface area (Å²) in [6.45, 7) is 11.6. The van der Waals surface area contributed by atoms with Gasteiger partial charge in [0.05, 0.1) is 28.0 Å². The van der Waals surface area contributed by atoms with E-state index in [1.54, 1.807) is 31.5 Å². The monoisotopic (exact) mass is 471 g/mol. The highest BCUT2D eigenvalue weighted by atomic mass is 16.5. The fraction of sp³-hybridized carbons (Fsp3) is 0.280. The maximum Gasteiger partial charge on any atom is 0.259 e. The van der Waals surface area contributed by atoms with Crippen LogP contribution in [0.15, 0.2) is 45.6 Å². The maximum atomic E-state index is 13.7. The van der Waals surface area contributed by atoms with E-state index in [9.17, 15) is 4.79 Å². The molecule has 5 rings (SSSR count). The van der Waals surface area contributed by atoms with E-state index in [4.69, 9.17) is 8.94 Å². The Balaban J connectivity index is 1.62. The van der Waals surface area contributed by atoms with E-state index < -0.39 is 0 Å². The van der Waals surface area contributed by atoms with Crippen molar-refractivity contribution in [2.75, 3.05) is 5.32 Å². The van der Waals surface area contributed by atoms with Gasteiger partial charge in [0.15, 0.2) is 0 Å². The lowest BCUT2D eigenvalue weighted by atomic mass is 9.92. The number of nitrogens with one attached hydrogen (secondary N) is 1. The van der Waals surface area contributed by atoms with Crippen LogP contribution >= 0.6 is 0 Å². The van der Waals surface area contributed by atoms with Crippen molar-refractivity contribution in [2.45, 2.75) is 47.0 Å².